The number of halogens is 2. The molecule has 0 bridgehead atoms. The van der Waals surface area contributed by atoms with Crippen LogP contribution in [-0.2, 0) is 4.79 Å². The molecular formula is C14H20F2N2O3. The molecule has 0 saturated carbocycles. The van der Waals surface area contributed by atoms with Gasteiger partial charge >= 0.3 is 6.61 Å². The molecule has 7 heteroatoms. The number of carbonyl (C=O) groups is 1. The van der Waals surface area contributed by atoms with E-state index in [2.05, 4.69) is 10.1 Å². The Balaban J connectivity index is 2.85. The van der Waals surface area contributed by atoms with Gasteiger partial charge in [-0.25, -0.2) is 0 Å². The summed E-state index contributed by atoms with van der Waals surface area (Å²) < 4.78 is 34.1. The standard InChI is InChI=1S/C14H20F2N2O3/c1-3-9(8-17)6-13(19)18-11-7-10(20-2)4-5-12(11)21-14(15)16/h4-5,7,9,14H,3,6,8,17H2,1-2H3,(H,18,19). The number of ether oxygens (including phenoxy) is 2. The van der Waals surface area contributed by atoms with E-state index >= 15 is 0 Å². The van der Waals surface area contributed by atoms with Crippen molar-refractivity contribution in [2.75, 3.05) is 19.0 Å². The van der Waals surface area contributed by atoms with Crippen LogP contribution in [0.25, 0.3) is 0 Å². The van der Waals surface area contributed by atoms with E-state index in [1.165, 1.54) is 25.3 Å². The van der Waals surface area contributed by atoms with Gasteiger partial charge in [0.1, 0.15) is 11.5 Å². The summed E-state index contributed by atoms with van der Waals surface area (Å²) in [6.45, 7) is -0.647. The minimum absolute atomic E-state index is 0.0510. The quantitative estimate of drug-likeness (QED) is 0.774. The van der Waals surface area contributed by atoms with E-state index < -0.39 is 6.61 Å². The molecule has 1 atom stereocenters. The van der Waals surface area contributed by atoms with E-state index in [0.717, 1.165) is 6.42 Å². The van der Waals surface area contributed by atoms with Crippen molar-refractivity contribution in [3.05, 3.63) is 18.2 Å². The van der Waals surface area contributed by atoms with E-state index in [1.807, 2.05) is 6.92 Å². The van der Waals surface area contributed by atoms with Crippen molar-refractivity contribution >= 4 is 11.6 Å². The Morgan fingerprint density at radius 1 is 1.43 bits per heavy atom. The van der Waals surface area contributed by atoms with Gasteiger partial charge in [0.05, 0.1) is 12.8 Å². The first-order chi connectivity index (χ1) is 9.99. The number of carbonyl (C=O) groups excluding carboxylic acids is 1. The predicted molar refractivity (Wildman–Crippen MR) is 75.7 cm³/mol. The van der Waals surface area contributed by atoms with Gasteiger partial charge in [-0.1, -0.05) is 13.3 Å². The number of methoxy groups -OCH3 is 1. The smallest absolute Gasteiger partial charge is 0.387 e. The monoisotopic (exact) mass is 302 g/mol. The van der Waals surface area contributed by atoms with Gasteiger partial charge in [-0.3, -0.25) is 4.79 Å². The zero-order chi connectivity index (χ0) is 15.8. The van der Waals surface area contributed by atoms with E-state index in [-0.39, 0.29) is 29.7 Å². The summed E-state index contributed by atoms with van der Waals surface area (Å²) in [6.07, 6.45) is 0.987. The largest absolute Gasteiger partial charge is 0.497 e. The molecular weight excluding hydrogens is 282 g/mol. The van der Waals surface area contributed by atoms with Crippen LogP contribution in [0.5, 0.6) is 11.5 Å². The fourth-order valence-electron chi connectivity index (χ4n) is 1.79. The molecule has 0 fully saturated rings. The van der Waals surface area contributed by atoms with E-state index in [9.17, 15) is 13.6 Å². The third-order valence-electron chi connectivity index (χ3n) is 3.06. The summed E-state index contributed by atoms with van der Waals surface area (Å²) >= 11 is 0. The lowest BCUT2D eigenvalue weighted by Gasteiger charge is -2.15. The van der Waals surface area contributed by atoms with Crippen LogP contribution >= 0.6 is 0 Å². The van der Waals surface area contributed by atoms with Crippen molar-refractivity contribution in [3.8, 4) is 11.5 Å². The Morgan fingerprint density at radius 3 is 2.67 bits per heavy atom. The van der Waals surface area contributed by atoms with Gasteiger partial charge in [0, 0.05) is 12.5 Å². The van der Waals surface area contributed by atoms with E-state index in [4.69, 9.17) is 10.5 Å². The van der Waals surface area contributed by atoms with Crippen LogP contribution in [0.4, 0.5) is 14.5 Å². The second-order valence-corrected chi connectivity index (χ2v) is 4.50. The van der Waals surface area contributed by atoms with Crippen molar-refractivity contribution < 1.29 is 23.0 Å². The van der Waals surface area contributed by atoms with Crippen LogP contribution in [0.15, 0.2) is 18.2 Å². The average molecular weight is 302 g/mol. The summed E-state index contributed by atoms with van der Waals surface area (Å²) in [4.78, 5) is 11.9. The van der Waals surface area contributed by atoms with Crippen LogP contribution in [0.2, 0.25) is 0 Å². The molecule has 0 radical (unpaired) electrons. The molecule has 1 aromatic carbocycles. The molecule has 0 aliphatic carbocycles. The molecule has 21 heavy (non-hydrogen) atoms. The van der Waals surface area contributed by atoms with Gasteiger partial charge in [-0.2, -0.15) is 8.78 Å². The zero-order valence-electron chi connectivity index (χ0n) is 12.1. The van der Waals surface area contributed by atoms with E-state index in [1.54, 1.807) is 0 Å². The number of hydrogen-bond acceptors (Lipinski definition) is 4. The van der Waals surface area contributed by atoms with Crippen molar-refractivity contribution in [3.63, 3.8) is 0 Å². The number of hydrogen-bond donors (Lipinski definition) is 2. The number of alkyl halides is 2. The molecule has 1 amide bonds. The zero-order valence-corrected chi connectivity index (χ0v) is 12.1. The molecule has 0 aromatic heterocycles. The number of anilines is 1. The van der Waals surface area contributed by atoms with Crippen LogP contribution in [-0.4, -0.2) is 26.2 Å². The fraction of sp³-hybridized carbons (Fsp3) is 0.500. The van der Waals surface area contributed by atoms with Gasteiger partial charge in [0.25, 0.3) is 0 Å². The lowest BCUT2D eigenvalue weighted by atomic mass is 10.0. The first kappa shape index (κ1) is 17.2. The Labute approximate surface area is 122 Å². The topological polar surface area (TPSA) is 73.6 Å². The Hall–Kier alpha value is -1.89. The summed E-state index contributed by atoms with van der Waals surface area (Å²) in [6, 6.07) is 4.22. The minimum Gasteiger partial charge on any atom is -0.497 e. The first-order valence-corrected chi connectivity index (χ1v) is 6.62. The maximum absolute atomic E-state index is 12.4. The highest BCUT2D eigenvalue weighted by molar-refractivity contribution is 5.92. The Bertz CT molecular complexity index is 466. The Kier molecular flexibility index (Phi) is 6.87. The second-order valence-electron chi connectivity index (χ2n) is 4.50. The van der Waals surface area contributed by atoms with Gasteiger partial charge in [0.2, 0.25) is 5.91 Å². The first-order valence-electron chi connectivity index (χ1n) is 6.62. The average Bonchev–Trinajstić information content (AvgIpc) is 2.46. The van der Waals surface area contributed by atoms with Crippen LogP contribution < -0.4 is 20.5 Å². The molecule has 0 aliphatic rings. The molecule has 0 heterocycles. The minimum atomic E-state index is -2.97. The third-order valence-corrected chi connectivity index (χ3v) is 3.06. The molecule has 118 valence electrons. The fourth-order valence-corrected chi connectivity index (χ4v) is 1.79. The molecule has 1 rings (SSSR count). The normalized spacial score (nSPS) is 12.1. The van der Waals surface area contributed by atoms with Gasteiger partial charge < -0.3 is 20.5 Å². The highest BCUT2D eigenvalue weighted by atomic mass is 19.3. The number of nitrogens with one attached hydrogen (secondary N) is 1. The van der Waals surface area contributed by atoms with Gasteiger partial charge in [-0.15, -0.1) is 0 Å². The molecule has 3 N–H and O–H groups in total. The van der Waals surface area contributed by atoms with Gasteiger partial charge in [0.15, 0.2) is 0 Å². The molecule has 1 aromatic rings. The van der Waals surface area contributed by atoms with E-state index in [0.29, 0.717) is 12.3 Å². The lowest BCUT2D eigenvalue weighted by molar-refractivity contribution is -0.117. The number of amides is 1. The second kappa shape index (κ2) is 8.41. The third kappa shape index (κ3) is 5.55. The van der Waals surface area contributed by atoms with Crippen LogP contribution in [0, 0.1) is 5.92 Å². The maximum atomic E-state index is 12.4. The maximum Gasteiger partial charge on any atom is 0.387 e. The lowest BCUT2D eigenvalue weighted by Crippen LogP contribution is -2.22. The summed E-state index contributed by atoms with van der Waals surface area (Å²) in [5.41, 5.74) is 5.69. The molecule has 1 unspecified atom stereocenters. The summed E-state index contributed by atoms with van der Waals surface area (Å²) in [7, 11) is 1.44. The van der Waals surface area contributed by atoms with Crippen molar-refractivity contribution in [2.45, 2.75) is 26.4 Å². The molecule has 0 aliphatic heterocycles. The summed E-state index contributed by atoms with van der Waals surface area (Å²) in [5.74, 6) is 0.0625. The van der Waals surface area contributed by atoms with Crippen molar-refractivity contribution in [2.24, 2.45) is 11.7 Å². The number of rotatable bonds is 8. The van der Waals surface area contributed by atoms with Crippen LogP contribution in [0.3, 0.4) is 0 Å². The van der Waals surface area contributed by atoms with Crippen molar-refractivity contribution in [1.29, 1.82) is 0 Å². The number of benzene rings is 1. The molecule has 0 saturated heterocycles. The van der Waals surface area contributed by atoms with Crippen molar-refractivity contribution in [1.82, 2.24) is 0 Å². The highest BCUT2D eigenvalue weighted by Crippen LogP contribution is 2.30. The Morgan fingerprint density at radius 2 is 2.14 bits per heavy atom. The summed E-state index contributed by atoms with van der Waals surface area (Å²) in [5, 5.41) is 2.56. The predicted octanol–water partition coefficient (Wildman–Crippen LogP) is 2.61. The van der Waals surface area contributed by atoms with Crippen LogP contribution in [0.1, 0.15) is 19.8 Å². The molecule has 0 spiro atoms. The molecule has 5 nitrogen and oxygen atoms in total. The van der Waals surface area contributed by atoms with Gasteiger partial charge in [-0.05, 0) is 24.6 Å². The highest BCUT2D eigenvalue weighted by Gasteiger charge is 2.15. The number of nitrogens with two attached hydrogens (primary N) is 1. The SMILES string of the molecule is CCC(CN)CC(=O)Nc1cc(OC)ccc1OC(F)F.